The van der Waals surface area contributed by atoms with Crippen molar-refractivity contribution in [3.8, 4) is 16.9 Å². The van der Waals surface area contributed by atoms with Crippen LogP contribution in [-0.2, 0) is 10.3 Å². The standard InChI is InChI=1S/C19H18ClFN4O2/c1-18(2)9-19(16(26)25(3)17(22)24-19)13-5-10(6-14(21)15(13)27-18)11-4-12(20)8-23-7-11/h4-8H,9H2,1-3H3,(H2,22,24). The van der Waals surface area contributed by atoms with Gasteiger partial charge in [-0.15, -0.1) is 0 Å². The zero-order valence-corrected chi connectivity index (χ0v) is 15.8. The molecule has 8 heteroatoms. The van der Waals surface area contributed by atoms with Crippen LogP contribution in [-0.4, -0.2) is 34.4 Å². The van der Waals surface area contributed by atoms with Crippen LogP contribution in [0.15, 0.2) is 35.6 Å². The lowest BCUT2D eigenvalue weighted by Crippen LogP contribution is -2.49. The number of carbonyl (C=O) groups is 1. The predicted octanol–water partition coefficient (Wildman–Crippen LogP) is 3.08. The molecule has 1 unspecified atom stereocenters. The first-order chi connectivity index (χ1) is 12.6. The van der Waals surface area contributed by atoms with Crippen LogP contribution in [0.4, 0.5) is 4.39 Å². The Morgan fingerprint density at radius 3 is 2.63 bits per heavy atom. The minimum atomic E-state index is -1.32. The first-order valence-corrected chi connectivity index (χ1v) is 8.78. The molecular formula is C19H18ClFN4O2. The number of aromatic nitrogens is 1. The summed E-state index contributed by atoms with van der Waals surface area (Å²) < 4.78 is 20.9. The third-order valence-electron chi connectivity index (χ3n) is 4.89. The maximum absolute atomic E-state index is 15.0. The summed E-state index contributed by atoms with van der Waals surface area (Å²) in [7, 11) is 1.55. The van der Waals surface area contributed by atoms with Gasteiger partial charge in [-0.05, 0) is 37.6 Å². The van der Waals surface area contributed by atoms with Crippen molar-refractivity contribution in [2.75, 3.05) is 7.05 Å². The van der Waals surface area contributed by atoms with Crippen LogP contribution in [0.1, 0.15) is 25.8 Å². The number of hydrogen-bond acceptors (Lipinski definition) is 5. The van der Waals surface area contributed by atoms with E-state index in [2.05, 4.69) is 9.98 Å². The van der Waals surface area contributed by atoms with Crippen molar-refractivity contribution in [3.05, 3.63) is 47.0 Å². The average Bonchev–Trinajstić information content (AvgIpc) is 2.79. The summed E-state index contributed by atoms with van der Waals surface area (Å²) in [5.74, 6) is -0.770. The Kier molecular flexibility index (Phi) is 3.72. The summed E-state index contributed by atoms with van der Waals surface area (Å²) >= 11 is 6.02. The van der Waals surface area contributed by atoms with Gasteiger partial charge in [0.25, 0.3) is 5.91 Å². The van der Waals surface area contributed by atoms with E-state index in [9.17, 15) is 4.79 Å². The molecule has 4 rings (SSSR count). The van der Waals surface area contributed by atoms with Crippen molar-refractivity contribution in [2.24, 2.45) is 10.7 Å². The first kappa shape index (κ1) is 17.7. The number of likely N-dealkylation sites (N-methyl/N-ethyl adjacent to an activating group) is 1. The van der Waals surface area contributed by atoms with Crippen LogP contribution >= 0.6 is 11.6 Å². The molecule has 1 atom stereocenters. The van der Waals surface area contributed by atoms with Gasteiger partial charge in [-0.2, -0.15) is 0 Å². The van der Waals surface area contributed by atoms with E-state index >= 15 is 4.39 Å². The zero-order valence-electron chi connectivity index (χ0n) is 15.1. The quantitative estimate of drug-likeness (QED) is 0.814. The van der Waals surface area contributed by atoms with E-state index in [0.29, 0.717) is 21.7 Å². The fraction of sp³-hybridized carbons (Fsp3) is 0.316. The normalized spacial score (nSPS) is 23.2. The van der Waals surface area contributed by atoms with Crippen LogP contribution in [0.2, 0.25) is 5.02 Å². The van der Waals surface area contributed by atoms with Gasteiger partial charge in [-0.1, -0.05) is 11.6 Å². The molecule has 2 aliphatic heterocycles. The van der Waals surface area contributed by atoms with E-state index in [1.165, 1.54) is 17.2 Å². The highest BCUT2D eigenvalue weighted by Crippen LogP contribution is 2.50. The maximum atomic E-state index is 15.0. The number of amides is 1. The number of benzene rings is 1. The topological polar surface area (TPSA) is 80.8 Å². The lowest BCUT2D eigenvalue weighted by molar-refractivity contribution is -0.133. The van der Waals surface area contributed by atoms with Crippen molar-refractivity contribution >= 4 is 23.5 Å². The molecule has 0 radical (unpaired) electrons. The number of rotatable bonds is 1. The highest BCUT2D eigenvalue weighted by atomic mass is 35.5. The molecule has 2 aromatic rings. The van der Waals surface area contributed by atoms with Gasteiger partial charge in [0.2, 0.25) is 0 Å². The second-order valence-corrected chi connectivity index (χ2v) is 7.90. The highest BCUT2D eigenvalue weighted by Gasteiger charge is 2.56. The largest absolute Gasteiger partial charge is 0.484 e. The zero-order chi connectivity index (χ0) is 19.6. The van der Waals surface area contributed by atoms with Crippen molar-refractivity contribution in [3.63, 3.8) is 0 Å². The molecule has 1 aromatic carbocycles. The van der Waals surface area contributed by atoms with Gasteiger partial charge in [0.05, 0.1) is 5.02 Å². The Hall–Kier alpha value is -2.67. The lowest BCUT2D eigenvalue weighted by Gasteiger charge is -2.41. The molecule has 0 bridgehead atoms. The van der Waals surface area contributed by atoms with Gasteiger partial charge in [-0.25, -0.2) is 9.38 Å². The molecule has 1 amide bonds. The Morgan fingerprint density at radius 2 is 2.00 bits per heavy atom. The minimum Gasteiger partial charge on any atom is -0.484 e. The van der Waals surface area contributed by atoms with Crippen LogP contribution in [0, 0.1) is 5.82 Å². The summed E-state index contributed by atoms with van der Waals surface area (Å²) in [6, 6.07) is 4.72. The van der Waals surface area contributed by atoms with Gasteiger partial charge >= 0.3 is 0 Å². The van der Waals surface area contributed by atoms with E-state index in [0.717, 1.165) is 0 Å². The van der Waals surface area contributed by atoms with Crippen molar-refractivity contribution < 1.29 is 13.9 Å². The molecule has 140 valence electrons. The predicted molar refractivity (Wildman–Crippen MR) is 100 cm³/mol. The number of carbonyl (C=O) groups excluding carboxylic acids is 1. The number of fused-ring (bicyclic) bond motifs is 2. The van der Waals surface area contributed by atoms with Crippen molar-refractivity contribution in [1.82, 2.24) is 9.88 Å². The smallest absolute Gasteiger partial charge is 0.261 e. The van der Waals surface area contributed by atoms with Gasteiger partial charge in [0, 0.05) is 37.0 Å². The number of halogens is 2. The maximum Gasteiger partial charge on any atom is 0.261 e. The van der Waals surface area contributed by atoms with Gasteiger partial charge in [-0.3, -0.25) is 14.7 Å². The van der Waals surface area contributed by atoms with E-state index in [1.807, 2.05) is 0 Å². The Bertz CT molecular complexity index is 1010. The van der Waals surface area contributed by atoms with Crippen LogP contribution in [0.3, 0.4) is 0 Å². The number of pyridine rings is 1. The SMILES string of the molecule is CN1C(=O)C2(CC(C)(C)Oc3c(F)cc(-c4cncc(Cl)c4)cc32)N=C1N. The fourth-order valence-corrected chi connectivity index (χ4v) is 3.93. The molecule has 0 fully saturated rings. The molecule has 0 aliphatic carbocycles. The molecule has 1 spiro atoms. The van der Waals surface area contributed by atoms with Gasteiger partial charge in [0.15, 0.2) is 23.1 Å². The van der Waals surface area contributed by atoms with Crippen LogP contribution in [0.25, 0.3) is 11.1 Å². The van der Waals surface area contributed by atoms with E-state index < -0.39 is 17.0 Å². The van der Waals surface area contributed by atoms with Crippen molar-refractivity contribution in [1.29, 1.82) is 0 Å². The van der Waals surface area contributed by atoms with Crippen molar-refractivity contribution in [2.45, 2.75) is 31.4 Å². The third-order valence-corrected chi connectivity index (χ3v) is 5.10. The van der Waals surface area contributed by atoms with E-state index in [-0.39, 0.29) is 24.0 Å². The molecule has 27 heavy (non-hydrogen) atoms. The van der Waals surface area contributed by atoms with E-state index in [4.69, 9.17) is 22.1 Å². The molecule has 0 saturated heterocycles. The summed E-state index contributed by atoms with van der Waals surface area (Å²) in [6.07, 6.45) is 3.31. The summed E-state index contributed by atoms with van der Waals surface area (Å²) in [5, 5.41) is 0.427. The molecule has 0 saturated carbocycles. The highest BCUT2D eigenvalue weighted by molar-refractivity contribution is 6.30. The summed E-state index contributed by atoms with van der Waals surface area (Å²) in [6.45, 7) is 3.59. The Labute approximate surface area is 160 Å². The molecule has 6 nitrogen and oxygen atoms in total. The first-order valence-electron chi connectivity index (χ1n) is 8.40. The molecule has 3 heterocycles. The molecule has 1 aromatic heterocycles. The number of guanidine groups is 1. The molecule has 2 N–H and O–H groups in total. The number of aliphatic imine (C=N–C) groups is 1. The lowest BCUT2D eigenvalue weighted by atomic mass is 9.76. The summed E-state index contributed by atoms with van der Waals surface area (Å²) in [5.41, 5.74) is 5.31. The average molecular weight is 389 g/mol. The Balaban J connectivity index is 1.99. The summed E-state index contributed by atoms with van der Waals surface area (Å²) in [4.78, 5) is 22.9. The number of nitrogens with two attached hydrogens (primary N) is 1. The van der Waals surface area contributed by atoms with Gasteiger partial charge in [0.1, 0.15) is 5.60 Å². The second-order valence-electron chi connectivity index (χ2n) is 7.46. The number of ether oxygens (including phenoxy) is 1. The molecule has 2 aliphatic rings. The minimum absolute atomic E-state index is 0.0187. The number of hydrogen-bond donors (Lipinski definition) is 1. The third kappa shape index (κ3) is 2.65. The Morgan fingerprint density at radius 1 is 1.26 bits per heavy atom. The van der Waals surface area contributed by atoms with Crippen LogP contribution < -0.4 is 10.5 Å². The second kappa shape index (κ2) is 5.66. The molecular weight excluding hydrogens is 371 g/mol. The van der Waals surface area contributed by atoms with Gasteiger partial charge < -0.3 is 10.5 Å². The monoisotopic (exact) mass is 388 g/mol. The fourth-order valence-electron chi connectivity index (χ4n) is 3.75. The van der Waals surface area contributed by atoms with Crippen LogP contribution in [0.5, 0.6) is 5.75 Å². The number of nitrogens with zero attached hydrogens (tertiary/aromatic N) is 3. The van der Waals surface area contributed by atoms with E-state index in [1.54, 1.807) is 39.2 Å².